The second-order valence-corrected chi connectivity index (χ2v) is 7.34. The Labute approximate surface area is 154 Å². The van der Waals surface area contributed by atoms with E-state index in [0.29, 0.717) is 29.8 Å². The number of oxazole rings is 1. The van der Waals surface area contributed by atoms with E-state index in [9.17, 15) is 4.79 Å². The van der Waals surface area contributed by atoms with Crippen LogP contribution in [0, 0.1) is 6.92 Å². The van der Waals surface area contributed by atoms with Crippen LogP contribution in [0.1, 0.15) is 53.5 Å². The van der Waals surface area contributed by atoms with Gasteiger partial charge in [0.1, 0.15) is 12.4 Å². The van der Waals surface area contributed by atoms with Crippen molar-refractivity contribution in [2.75, 3.05) is 6.61 Å². The molecule has 1 aromatic carbocycles. The number of benzene rings is 1. The predicted molar refractivity (Wildman–Crippen MR) is 93.3 cm³/mol. The number of hydrogen-bond donors (Lipinski definition) is 1. The summed E-state index contributed by atoms with van der Waals surface area (Å²) < 4.78 is 16.3. The Morgan fingerprint density at radius 3 is 2.93 bits per heavy atom. The fourth-order valence-electron chi connectivity index (χ4n) is 3.20. The zero-order valence-corrected chi connectivity index (χ0v) is 15.0. The lowest BCUT2D eigenvalue weighted by atomic mass is 10.1. The van der Waals surface area contributed by atoms with Gasteiger partial charge in [0.05, 0.1) is 11.7 Å². The van der Waals surface area contributed by atoms with Gasteiger partial charge < -0.3 is 19.0 Å². The lowest BCUT2D eigenvalue weighted by Crippen LogP contribution is -2.29. The zero-order valence-electron chi connectivity index (χ0n) is 15.0. The SMILES string of the molecule is Cc1ncoc1C(=O)NC1COc2cc(-c3noc(C4(C)CC4)n3)ccc21. The first-order valence-electron chi connectivity index (χ1n) is 8.86. The molecule has 1 aliphatic heterocycles. The molecule has 3 heterocycles. The number of rotatable bonds is 4. The van der Waals surface area contributed by atoms with Crippen molar-refractivity contribution in [2.24, 2.45) is 0 Å². The Kier molecular flexibility index (Phi) is 3.37. The van der Waals surface area contributed by atoms with Gasteiger partial charge in [-0.25, -0.2) is 4.98 Å². The maximum atomic E-state index is 12.4. The van der Waals surface area contributed by atoms with Crippen LogP contribution in [0.2, 0.25) is 0 Å². The molecule has 0 bridgehead atoms. The fraction of sp³-hybridized carbons (Fsp3) is 0.368. The van der Waals surface area contributed by atoms with Crippen molar-refractivity contribution < 1.29 is 18.5 Å². The van der Waals surface area contributed by atoms with Crippen molar-refractivity contribution in [3.8, 4) is 17.1 Å². The van der Waals surface area contributed by atoms with Gasteiger partial charge in [-0.2, -0.15) is 4.98 Å². The molecule has 27 heavy (non-hydrogen) atoms. The number of nitrogens with one attached hydrogen (secondary N) is 1. The number of ether oxygens (including phenoxy) is 1. The molecule has 1 fully saturated rings. The zero-order chi connectivity index (χ0) is 18.6. The lowest BCUT2D eigenvalue weighted by Gasteiger charge is -2.10. The summed E-state index contributed by atoms with van der Waals surface area (Å²) in [4.78, 5) is 20.8. The number of hydrogen-bond acceptors (Lipinski definition) is 7. The van der Waals surface area contributed by atoms with Crippen LogP contribution in [-0.2, 0) is 5.41 Å². The topological polar surface area (TPSA) is 103 Å². The Morgan fingerprint density at radius 1 is 1.33 bits per heavy atom. The molecular weight excluding hydrogens is 348 g/mol. The van der Waals surface area contributed by atoms with Gasteiger partial charge in [0.25, 0.3) is 5.91 Å². The second kappa shape index (κ2) is 5.67. The van der Waals surface area contributed by atoms with Crippen molar-refractivity contribution >= 4 is 5.91 Å². The Hall–Kier alpha value is -3.16. The summed E-state index contributed by atoms with van der Waals surface area (Å²) in [7, 11) is 0. The summed E-state index contributed by atoms with van der Waals surface area (Å²) in [6.45, 7) is 4.21. The van der Waals surface area contributed by atoms with E-state index in [1.165, 1.54) is 6.39 Å². The van der Waals surface area contributed by atoms with Crippen molar-refractivity contribution in [2.45, 2.75) is 38.1 Å². The van der Waals surface area contributed by atoms with Gasteiger partial charge in [-0.1, -0.05) is 24.2 Å². The molecule has 2 aromatic heterocycles. The molecule has 1 amide bonds. The van der Waals surface area contributed by atoms with Crippen molar-refractivity contribution in [1.82, 2.24) is 20.4 Å². The highest BCUT2D eigenvalue weighted by molar-refractivity contribution is 5.92. The number of fused-ring (bicyclic) bond motifs is 1. The van der Waals surface area contributed by atoms with Gasteiger partial charge in [-0.05, 0) is 25.8 Å². The molecule has 1 N–H and O–H groups in total. The molecule has 0 saturated heterocycles. The van der Waals surface area contributed by atoms with Gasteiger partial charge in [0.15, 0.2) is 6.39 Å². The number of aromatic nitrogens is 3. The van der Waals surface area contributed by atoms with E-state index in [1.807, 2.05) is 18.2 Å². The Morgan fingerprint density at radius 2 is 2.19 bits per heavy atom. The van der Waals surface area contributed by atoms with Crippen LogP contribution in [0.15, 0.2) is 33.5 Å². The van der Waals surface area contributed by atoms with E-state index >= 15 is 0 Å². The standard InChI is InChI=1S/C19H18N4O4/c1-10-15(26-9-20-10)17(24)21-13-8-25-14-7-11(3-4-12(13)14)16-22-18(27-23-16)19(2)5-6-19/h3-4,7,9,13H,5-6,8H2,1-2H3,(H,21,24). The van der Waals surface area contributed by atoms with E-state index < -0.39 is 0 Å². The highest BCUT2D eigenvalue weighted by Gasteiger charge is 2.44. The first-order valence-corrected chi connectivity index (χ1v) is 8.86. The van der Waals surface area contributed by atoms with E-state index in [2.05, 4.69) is 27.4 Å². The maximum Gasteiger partial charge on any atom is 0.289 e. The molecule has 0 spiro atoms. The monoisotopic (exact) mass is 366 g/mol. The quantitative estimate of drug-likeness (QED) is 0.757. The molecule has 1 unspecified atom stereocenters. The molecule has 0 radical (unpaired) electrons. The molecule has 8 nitrogen and oxygen atoms in total. The molecular formula is C19H18N4O4. The third kappa shape index (κ3) is 2.68. The Bertz CT molecular complexity index is 1030. The fourth-order valence-corrected chi connectivity index (χ4v) is 3.20. The van der Waals surface area contributed by atoms with Crippen molar-refractivity contribution in [3.63, 3.8) is 0 Å². The van der Waals surface area contributed by atoms with Crippen LogP contribution in [0.4, 0.5) is 0 Å². The molecule has 3 aromatic rings. The molecule has 8 heteroatoms. The van der Waals surface area contributed by atoms with Gasteiger partial charge in [0.2, 0.25) is 17.5 Å². The number of carbonyl (C=O) groups excluding carboxylic acids is 1. The molecule has 138 valence electrons. The molecule has 1 atom stereocenters. The largest absolute Gasteiger partial charge is 0.491 e. The number of amides is 1. The average molecular weight is 366 g/mol. The minimum atomic E-state index is -0.309. The molecule has 1 aliphatic carbocycles. The van der Waals surface area contributed by atoms with Gasteiger partial charge in [-0.15, -0.1) is 0 Å². The van der Waals surface area contributed by atoms with Gasteiger partial charge in [-0.3, -0.25) is 4.79 Å². The van der Waals surface area contributed by atoms with Crippen LogP contribution in [-0.4, -0.2) is 27.6 Å². The number of carbonyl (C=O) groups is 1. The number of aryl methyl sites for hydroxylation is 1. The third-order valence-electron chi connectivity index (χ3n) is 5.25. The first kappa shape index (κ1) is 16.0. The van der Waals surface area contributed by atoms with Crippen LogP contribution in [0.3, 0.4) is 0 Å². The normalized spacial score (nSPS) is 19.4. The van der Waals surface area contributed by atoms with E-state index in [4.69, 9.17) is 13.7 Å². The second-order valence-electron chi connectivity index (χ2n) is 7.34. The minimum Gasteiger partial charge on any atom is -0.491 e. The summed E-state index contributed by atoms with van der Waals surface area (Å²) in [5, 5.41) is 7.02. The van der Waals surface area contributed by atoms with E-state index in [1.54, 1.807) is 6.92 Å². The number of nitrogens with zero attached hydrogens (tertiary/aromatic N) is 3. The molecule has 5 rings (SSSR count). The third-order valence-corrected chi connectivity index (χ3v) is 5.25. The van der Waals surface area contributed by atoms with E-state index in [0.717, 1.165) is 24.0 Å². The van der Waals surface area contributed by atoms with Gasteiger partial charge in [0, 0.05) is 16.5 Å². The minimum absolute atomic E-state index is 0.0344. The summed E-state index contributed by atoms with van der Waals surface area (Å²) in [6, 6.07) is 5.46. The summed E-state index contributed by atoms with van der Waals surface area (Å²) >= 11 is 0. The van der Waals surface area contributed by atoms with Crippen LogP contribution < -0.4 is 10.1 Å². The summed E-state index contributed by atoms with van der Waals surface area (Å²) in [5.41, 5.74) is 2.32. The van der Waals surface area contributed by atoms with Crippen LogP contribution >= 0.6 is 0 Å². The average Bonchev–Trinajstić information content (AvgIpc) is 3.07. The maximum absolute atomic E-state index is 12.4. The van der Waals surface area contributed by atoms with Crippen LogP contribution in [0.25, 0.3) is 11.4 Å². The van der Waals surface area contributed by atoms with Crippen LogP contribution in [0.5, 0.6) is 5.75 Å². The van der Waals surface area contributed by atoms with Crippen molar-refractivity contribution in [3.05, 3.63) is 47.5 Å². The highest BCUT2D eigenvalue weighted by Crippen LogP contribution is 2.47. The smallest absolute Gasteiger partial charge is 0.289 e. The first-order chi connectivity index (χ1) is 13.0. The highest BCUT2D eigenvalue weighted by atomic mass is 16.5. The summed E-state index contributed by atoms with van der Waals surface area (Å²) in [5.74, 6) is 1.85. The summed E-state index contributed by atoms with van der Waals surface area (Å²) in [6.07, 6.45) is 3.42. The Balaban J connectivity index is 1.36. The van der Waals surface area contributed by atoms with Gasteiger partial charge >= 0.3 is 0 Å². The molecule has 1 saturated carbocycles. The lowest BCUT2D eigenvalue weighted by molar-refractivity contribution is 0.0901. The predicted octanol–water partition coefficient (Wildman–Crippen LogP) is 2.95. The van der Waals surface area contributed by atoms with Crippen molar-refractivity contribution in [1.29, 1.82) is 0 Å². The van der Waals surface area contributed by atoms with E-state index in [-0.39, 0.29) is 23.1 Å². The molecule has 2 aliphatic rings.